The average molecular weight is 380 g/mol. The first-order chi connectivity index (χ1) is 12.3. The molecular weight excluding hydrogens is 358 g/mol. The van der Waals surface area contributed by atoms with Crippen molar-refractivity contribution in [3.63, 3.8) is 0 Å². The van der Waals surface area contributed by atoms with E-state index in [-0.39, 0.29) is 18.6 Å². The molecule has 1 atom stereocenters. The molecule has 0 aliphatic carbocycles. The normalized spacial score (nSPS) is 11.7. The van der Waals surface area contributed by atoms with E-state index < -0.39 is 6.03 Å². The third-order valence-electron chi connectivity index (χ3n) is 3.72. The van der Waals surface area contributed by atoms with Crippen molar-refractivity contribution >= 4 is 29.2 Å². The van der Waals surface area contributed by atoms with Crippen LogP contribution in [-0.2, 0) is 11.8 Å². The fourth-order valence-corrected chi connectivity index (χ4v) is 2.63. The topological polar surface area (TPSA) is 88.5 Å². The van der Waals surface area contributed by atoms with Crippen molar-refractivity contribution in [1.29, 1.82) is 0 Å². The number of amides is 3. The van der Waals surface area contributed by atoms with Crippen molar-refractivity contribution in [2.45, 2.75) is 6.04 Å². The summed E-state index contributed by atoms with van der Waals surface area (Å²) < 4.78 is 6.84. The lowest BCUT2D eigenvalue weighted by Crippen LogP contribution is -2.35. The number of aryl methyl sites for hydroxylation is 1. The van der Waals surface area contributed by atoms with Gasteiger partial charge in [0.1, 0.15) is 0 Å². The zero-order chi connectivity index (χ0) is 19.3. The Kier molecular flexibility index (Phi) is 6.59. The maximum Gasteiger partial charge on any atom is 0.319 e. The number of nitrogens with zero attached hydrogens (tertiary/aromatic N) is 3. The fraction of sp³-hybridized carbons (Fsp3) is 0.353. The Balaban J connectivity index is 2.12. The van der Waals surface area contributed by atoms with Gasteiger partial charge in [0.2, 0.25) is 0 Å². The Hall–Kier alpha value is -2.58. The highest BCUT2D eigenvalue weighted by molar-refractivity contribution is 6.34. The van der Waals surface area contributed by atoms with Crippen LogP contribution in [0.25, 0.3) is 0 Å². The second-order valence-electron chi connectivity index (χ2n) is 5.88. The summed E-state index contributed by atoms with van der Waals surface area (Å²) in [5.41, 5.74) is 1.58. The zero-order valence-corrected chi connectivity index (χ0v) is 15.9. The molecule has 0 saturated carbocycles. The number of benzene rings is 1. The summed E-state index contributed by atoms with van der Waals surface area (Å²) in [6.45, 7) is 0.290. The van der Waals surface area contributed by atoms with Crippen LogP contribution in [0.5, 0.6) is 0 Å². The first-order valence-electron chi connectivity index (χ1n) is 7.89. The van der Waals surface area contributed by atoms with E-state index in [0.717, 1.165) is 5.69 Å². The monoisotopic (exact) mass is 379 g/mol. The summed E-state index contributed by atoms with van der Waals surface area (Å²) in [5, 5.41) is 9.96. The molecule has 26 heavy (non-hydrogen) atoms. The Morgan fingerprint density at radius 2 is 2.08 bits per heavy atom. The predicted molar refractivity (Wildman–Crippen MR) is 99.4 cm³/mol. The maximum atomic E-state index is 12.4. The lowest BCUT2D eigenvalue weighted by molar-refractivity contribution is 0.0828. The van der Waals surface area contributed by atoms with E-state index >= 15 is 0 Å². The van der Waals surface area contributed by atoms with Crippen molar-refractivity contribution in [1.82, 2.24) is 20.0 Å². The van der Waals surface area contributed by atoms with Gasteiger partial charge in [0.25, 0.3) is 5.91 Å². The molecule has 1 aromatic heterocycles. The van der Waals surface area contributed by atoms with Crippen molar-refractivity contribution in [3.8, 4) is 0 Å². The standard InChI is InChI=1S/C17H22ClN5O3/c1-22(2)16(24)12-9-11(5-6-13(12)18)20-17(25)21-14(10-26-4)15-7-8-19-23(15)3/h5-9,14H,10H2,1-4H3,(H2,20,21,25). The highest BCUT2D eigenvalue weighted by Crippen LogP contribution is 2.22. The van der Waals surface area contributed by atoms with Crippen LogP contribution in [0.1, 0.15) is 22.1 Å². The third-order valence-corrected chi connectivity index (χ3v) is 4.04. The fourth-order valence-electron chi connectivity index (χ4n) is 2.43. The highest BCUT2D eigenvalue weighted by atomic mass is 35.5. The summed E-state index contributed by atoms with van der Waals surface area (Å²) in [7, 11) is 6.61. The van der Waals surface area contributed by atoms with Gasteiger partial charge in [0.15, 0.2) is 0 Å². The van der Waals surface area contributed by atoms with Crippen molar-refractivity contribution in [3.05, 3.63) is 46.7 Å². The maximum absolute atomic E-state index is 12.4. The Bertz CT molecular complexity index is 790. The number of aromatic nitrogens is 2. The molecule has 1 heterocycles. The van der Waals surface area contributed by atoms with Crippen molar-refractivity contribution in [2.75, 3.05) is 33.1 Å². The summed E-state index contributed by atoms with van der Waals surface area (Å²) in [5.74, 6) is -0.244. The molecule has 140 valence electrons. The molecule has 8 nitrogen and oxygen atoms in total. The molecule has 0 bridgehead atoms. The second kappa shape index (κ2) is 8.68. The smallest absolute Gasteiger partial charge is 0.319 e. The number of ether oxygens (including phenoxy) is 1. The molecule has 0 fully saturated rings. The number of anilines is 1. The second-order valence-corrected chi connectivity index (χ2v) is 6.29. The molecule has 0 saturated heterocycles. The Labute approximate surface area is 157 Å². The molecule has 3 amide bonds. The van der Waals surface area contributed by atoms with Gasteiger partial charge in [0, 0.05) is 40.1 Å². The summed E-state index contributed by atoms with van der Waals surface area (Å²) in [6, 6.07) is 5.74. The van der Waals surface area contributed by atoms with Crippen LogP contribution >= 0.6 is 11.6 Å². The molecule has 2 rings (SSSR count). The lowest BCUT2D eigenvalue weighted by atomic mass is 10.1. The van der Waals surface area contributed by atoms with Crippen LogP contribution in [0.2, 0.25) is 5.02 Å². The number of carbonyl (C=O) groups excluding carboxylic acids is 2. The molecule has 0 radical (unpaired) electrons. The number of methoxy groups -OCH3 is 1. The minimum Gasteiger partial charge on any atom is -0.382 e. The molecular formula is C17H22ClN5O3. The summed E-state index contributed by atoms with van der Waals surface area (Å²) in [4.78, 5) is 25.9. The highest BCUT2D eigenvalue weighted by Gasteiger charge is 2.19. The van der Waals surface area contributed by atoms with E-state index in [2.05, 4.69) is 15.7 Å². The van der Waals surface area contributed by atoms with E-state index in [4.69, 9.17) is 16.3 Å². The number of hydrogen-bond acceptors (Lipinski definition) is 4. The Morgan fingerprint density at radius 3 is 2.65 bits per heavy atom. The van der Waals surface area contributed by atoms with Crippen LogP contribution in [-0.4, -0.2) is 54.4 Å². The largest absolute Gasteiger partial charge is 0.382 e. The molecule has 0 spiro atoms. The van der Waals surface area contributed by atoms with Gasteiger partial charge < -0.3 is 20.3 Å². The molecule has 0 aliphatic heterocycles. The number of nitrogens with one attached hydrogen (secondary N) is 2. The molecule has 0 aliphatic rings. The van der Waals surface area contributed by atoms with E-state index in [1.807, 2.05) is 0 Å². The first-order valence-corrected chi connectivity index (χ1v) is 8.26. The number of hydrogen-bond donors (Lipinski definition) is 2. The third kappa shape index (κ3) is 4.74. The first kappa shape index (κ1) is 19.7. The van der Waals surface area contributed by atoms with Crippen molar-refractivity contribution in [2.24, 2.45) is 7.05 Å². The van der Waals surface area contributed by atoms with Crippen molar-refractivity contribution < 1.29 is 14.3 Å². The summed E-state index contributed by atoms with van der Waals surface area (Å²) in [6.07, 6.45) is 1.65. The molecule has 2 aromatic rings. The van der Waals surface area contributed by atoms with Gasteiger partial charge in [-0.25, -0.2) is 4.79 Å². The SMILES string of the molecule is COCC(NC(=O)Nc1ccc(Cl)c(C(=O)N(C)C)c1)c1ccnn1C. The van der Waals surface area contributed by atoms with Crippen LogP contribution in [0.4, 0.5) is 10.5 Å². The van der Waals surface area contributed by atoms with Gasteiger partial charge >= 0.3 is 6.03 Å². The number of urea groups is 1. The number of halogens is 1. The Morgan fingerprint density at radius 1 is 1.35 bits per heavy atom. The van der Waals surface area contributed by atoms with Gasteiger partial charge in [-0.1, -0.05) is 11.6 Å². The zero-order valence-electron chi connectivity index (χ0n) is 15.1. The van der Waals surface area contributed by atoms with E-state index in [1.54, 1.807) is 63.4 Å². The van der Waals surface area contributed by atoms with Crippen LogP contribution < -0.4 is 10.6 Å². The molecule has 2 N–H and O–H groups in total. The van der Waals surface area contributed by atoms with Gasteiger partial charge in [-0.15, -0.1) is 0 Å². The van der Waals surface area contributed by atoms with Gasteiger partial charge in [-0.05, 0) is 24.3 Å². The molecule has 1 aromatic carbocycles. The van der Waals surface area contributed by atoms with Gasteiger partial charge in [-0.3, -0.25) is 9.48 Å². The number of rotatable bonds is 6. The minimum absolute atomic E-state index is 0.244. The quantitative estimate of drug-likeness (QED) is 0.805. The van der Waals surface area contributed by atoms with Gasteiger partial charge in [-0.2, -0.15) is 5.10 Å². The van der Waals surface area contributed by atoms with Crippen LogP contribution in [0, 0.1) is 0 Å². The van der Waals surface area contributed by atoms with E-state index in [1.165, 1.54) is 4.90 Å². The summed E-state index contributed by atoms with van der Waals surface area (Å²) >= 11 is 6.08. The van der Waals surface area contributed by atoms with Crippen LogP contribution in [0.15, 0.2) is 30.5 Å². The van der Waals surface area contributed by atoms with Crippen LogP contribution in [0.3, 0.4) is 0 Å². The van der Waals surface area contributed by atoms with E-state index in [9.17, 15) is 9.59 Å². The molecule has 1 unspecified atom stereocenters. The number of carbonyl (C=O) groups is 2. The molecule has 9 heteroatoms. The average Bonchev–Trinajstić information content (AvgIpc) is 3.01. The predicted octanol–water partition coefficient (Wildman–Crippen LogP) is 2.28. The minimum atomic E-state index is -0.432. The van der Waals surface area contributed by atoms with E-state index in [0.29, 0.717) is 16.3 Å². The van der Waals surface area contributed by atoms with Gasteiger partial charge in [0.05, 0.1) is 28.9 Å². The lowest BCUT2D eigenvalue weighted by Gasteiger charge is -2.19.